The summed E-state index contributed by atoms with van der Waals surface area (Å²) in [6.45, 7) is 8.86. The Morgan fingerprint density at radius 2 is 1.92 bits per heavy atom. The number of amides is 1. The number of fused-ring (bicyclic) bond motifs is 1. The first kappa shape index (κ1) is 18.2. The second kappa shape index (κ2) is 6.96. The quantitative estimate of drug-likeness (QED) is 0.691. The average Bonchev–Trinajstić information content (AvgIpc) is 2.95. The molecule has 3 rings (SSSR count). The molecule has 0 aliphatic heterocycles. The molecule has 1 heterocycles. The average molecular weight is 369 g/mol. The van der Waals surface area contributed by atoms with Gasteiger partial charge in [-0.2, -0.15) is 0 Å². The van der Waals surface area contributed by atoms with Crippen LogP contribution in [0.4, 0.5) is 10.8 Å². The van der Waals surface area contributed by atoms with Crippen molar-refractivity contribution in [2.75, 3.05) is 17.7 Å². The van der Waals surface area contributed by atoms with Gasteiger partial charge in [-0.3, -0.25) is 4.79 Å². The van der Waals surface area contributed by atoms with Crippen molar-refractivity contribution in [3.63, 3.8) is 0 Å². The molecule has 0 bridgehead atoms. The molecule has 0 spiro atoms. The lowest BCUT2D eigenvalue weighted by atomic mass is 9.87. The first-order chi connectivity index (χ1) is 12.3. The zero-order chi connectivity index (χ0) is 18.9. The maximum absolute atomic E-state index is 12.6. The number of thiazole rings is 1. The van der Waals surface area contributed by atoms with Gasteiger partial charge in [-0.1, -0.05) is 44.2 Å². The number of carbonyl (C=O) groups is 1. The monoisotopic (exact) mass is 369 g/mol. The zero-order valence-electron chi connectivity index (χ0n) is 15.4. The number of rotatable bonds is 4. The minimum atomic E-state index is -0.162. The summed E-state index contributed by atoms with van der Waals surface area (Å²) in [6, 6.07) is 11.3. The van der Waals surface area contributed by atoms with Crippen LogP contribution in [0.15, 0.2) is 36.4 Å². The standard InChI is InChI=1S/C20H23N3O2S/c1-5-25-15-10-14(11-16-17(15)23-19(21)26-16)22-18(24)12-6-8-13(9-7-12)20(2,3)4/h6-11H,5H2,1-4H3,(H2,21,23)(H,22,24). The molecule has 3 N–H and O–H groups in total. The number of aromatic nitrogens is 1. The van der Waals surface area contributed by atoms with Crippen molar-refractivity contribution in [2.24, 2.45) is 0 Å². The van der Waals surface area contributed by atoms with Crippen LogP contribution in [0.25, 0.3) is 10.2 Å². The molecule has 0 unspecified atom stereocenters. The molecule has 0 atom stereocenters. The Kier molecular flexibility index (Phi) is 4.87. The molecule has 0 aliphatic rings. The maximum Gasteiger partial charge on any atom is 0.255 e. The highest BCUT2D eigenvalue weighted by molar-refractivity contribution is 7.22. The number of anilines is 2. The summed E-state index contributed by atoms with van der Waals surface area (Å²) >= 11 is 1.37. The predicted molar refractivity (Wildman–Crippen MR) is 108 cm³/mol. The molecule has 0 radical (unpaired) electrons. The van der Waals surface area contributed by atoms with Crippen molar-refractivity contribution >= 4 is 38.3 Å². The summed E-state index contributed by atoms with van der Waals surface area (Å²) in [5, 5.41) is 3.41. The molecule has 2 aromatic carbocycles. The number of nitrogens with zero attached hydrogens (tertiary/aromatic N) is 1. The summed E-state index contributed by atoms with van der Waals surface area (Å²) in [4.78, 5) is 16.9. The highest BCUT2D eigenvalue weighted by Crippen LogP contribution is 2.34. The topological polar surface area (TPSA) is 77.2 Å². The Morgan fingerprint density at radius 3 is 2.54 bits per heavy atom. The summed E-state index contributed by atoms with van der Waals surface area (Å²) in [5.74, 6) is 0.459. The van der Waals surface area contributed by atoms with Gasteiger partial charge in [0.2, 0.25) is 0 Å². The fraction of sp³-hybridized carbons (Fsp3) is 0.300. The lowest BCUT2D eigenvalue weighted by Gasteiger charge is -2.19. The Balaban J connectivity index is 1.87. The van der Waals surface area contributed by atoms with E-state index in [2.05, 4.69) is 31.1 Å². The molecule has 0 fully saturated rings. The van der Waals surface area contributed by atoms with Crippen LogP contribution in [-0.2, 0) is 5.41 Å². The molecule has 3 aromatic rings. The number of nitrogens with two attached hydrogens (primary N) is 1. The number of nitrogen functional groups attached to an aromatic ring is 1. The van der Waals surface area contributed by atoms with E-state index >= 15 is 0 Å². The Hall–Kier alpha value is -2.60. The van der Waals surface area contributed by atoms with Crippen LogP contribution in [0.2, 0.25) is 0 Å². The minimum Gasteiger partial charge on any atom is -0.491 e. The van der Waals surface area contributed by atoms with Gasteiger partial charge in [0, 0.05) is 17.3 Å². The van der Waals surface area contributed by atoms with Crippen LogP contribution < -0.4 is 15.8 Å². The van der Waals surface area contributed by atoms with E-state index in [1.807, 2.05) is 37.3 Å². The van der Waals surface area contributed by atoms with Crippen LogP contribution in [0.1, 0.15) is 43.6 Å². The van der Waals surface area contributed by atoms with Crippen LogP contribution in [0, 0.1) is 0 Å². The number of ether oxygens (including phenoxy) is 1. The highest BCUT2D eigenvalue weighted by Gasteiger charge is 2.15. The van der Waals surface area contributed by atoms with Crippen molar-refractivity contribution < 1.29 is 9.53 Å². The van der Waals surface area contributed by atoms with Crippen LogP contribution in [-0.4, -0.2) is 17.5 Å². The summed E-state index contributed by atoms with van der Waals surface area (Å²) in [5.41, 5.74) is 9.05. The fourth-order valence-electron chi connectivity index (χ4n) is 2.68. The van der Waals surface area contributed by atoms with Gasteiger partial charge < -0.3 is 15.8 Å². The van der Waals surface area contributed by atoms with Gasteiger partial charge in [0.1, 0.15) is 11.3 Å². The molecular formula is C20H23N3O2S. The van der Waals surface area contributed by atoms with E-state index in [0.29, 0.717) is 28.7 Å². The number of carbonyl (C=O) groups excluding carboxylic acids is 1. The van der Waals surface area contributed by atoms with E-state index in [0.717, 1.165) is 10.2 Å². The predicted octanol–water partition coefficient (Wildman–Crippen LogP) is 4.83. The van der Waals surface area contributed by atoms with Crippen molar-refractivity contribution in [2.45, 2.75) is 33.1 Å². The van der Waals surface area contributed by atoms with Crippen molar-refractivity contribution in [1.82, 2.24) is 4.98 Å². The summed E-state index contributed by atoms with van der Waals surface area (Å²) in [7, 11) is 0. The van der Waals surface area contributed by atoms with Gasteiger partial charge >= 0.3 is 0 Å². The summed E-state index contributed by atoms with van der Waals surface area (Å²) < 4.78 is 6.53. The number of hydrogen-bond acceptors (Lipinski definition) is 5. The third-order valence-electron chi connectivity index (χ3n) is 4.05. The second-order valence-electron chi connectivity index (χ2n) is 7.09. The zero-order valence-corrected chi connectivity index (χ0v) is 16.2. The van der Waals surface area contributed by atoms with Gasteiger partial charge in [-0.05, 0) is 36.1 Å². The largest absolute Gasteiger partial charge is 0.491 e. The Bertz CT molecular complexity index is 940. The molecule has 0 saturated heterocycles. The Morgan fingerprint density at radius 1 is 1.23 bits per heavy atom. The van der Waals surface area contributed by atoms with Crippen molar-refractivity contribution in [3.8, 4) is 5.75 Å². The third kappa shape index (κ3) is 3.80. The minimum absolute atomic E-state index is 0.0541. The molecule has 6 heteroatoms. The van der Waals surface area contributed by atoms with Gasteiger partial charge in [0.15, 0.2) is 5.13 Å². The SMILES string of the molecule is CCOc1cc(NC(=O)c2ccc(C(C)(C)C)cc2)cc2sc(N)nc12. The maximum atomic E-state index is 12.6. The van der Waals surface area contributed by atoms with E-state index in [4.69, 9.17) is 10.5 Å². The number of nitrogens with one attached hydrogen (secondary N) is 1. The number of hydrogen-bond donors (Lipinski definition) is 2. The molecule has 1 amide bonds. The van der Waals surface area contributed by atoms with E-state index in [1.54, 1.807) is 6.07 Å². The van der Waals surface area contributed by atoms with Gasteiger partial charge in [-0.15, -0.1) is 0 Å². The fourth-order valence-corrected chi connectivity index (χ4v) is 3.47. The second-order valence-corrected chi connectivity index (χ2v) is 8.15. The van der Waals surface area contributed by atoms with E-state index in [9.17, 15) is 4.79 Å². The first-order valence-electron chi connectivity index (χ1n) is 8.52. The van der Waals surface area contributed by atoms with E-state index in [1.165, 1.54) is 16.9 Å². The van der Waals surface area contributed by atoms with E-state index < -0.39 is 0 Å². The highest BCUT2D eigenvalue weighted by atomic mass is 32.1. The molecule has 1 aromatic heterocycles. The molecule has 26 heavy (non-hydrogen) atoms. The lowest BCUT2D eigenvalue weighted by Crippen LogP contribution is -2.14. The van der Waals surface area contributed by atoms with Crippen molar-refractivity contribution in [3.05, 3.63) is 47.5 Å². The van der Waals surface area contributed by atoms with Crippen LogP contribution in [0.3, 0.4) is 0 Å². The smallest absolute Gasteiger partial charge is 0.255 e. The molecule has 0 aliphatic carbocycles. The molecule has 5 nitrogen and oxygen atoms in total. The lowest BCUT2D eigenvalue weighted by molar-refractivity contribution is 0.102. The number of benzene rings is 2. The van der Waals surface area contributed by atoms with Crippen LogP contribution in [0.5, 0.6) is 5.75 Å². The molecule has 0 saturated carbocycles. The van der Waals surface area contributed by atoms with Gasteiger partial charge in [-0.25, -0.2) is 4.98 Å². The van der Waals surface area contributed by atoms with Gasteiger partial charge in [0.25, 0.3) is 5.91 Å². The van der Waals surface area contributed by atoms with E-state index in [-0.39, 0.29) is 11.3 Å². The van der Waals surface area contributed by atoms with Crippen molar-refractivity contribution in [1.29, 1.82) is 0 Å². The van der Waals surface area contributed by atoms with Crippen LogP contribution >= 0.6 is 11.3 Å². The first-order valence-corrected chi connectivity index (χ1v) is 9.34. The normalized spacial score (nSPS) is 11.5. The Labute approximate surface area is 157 Å². The third-order valence-corrected chi connectivity index (χ3v) is 4.88. The van der Waals surface area contributed by atoms with Gasteiger partial charge in [0.05, 0.1) is 11.3 Å². The molecule has 136 valence electrons. The summed E-state index contributed by atoms with van der Waals surface area (Å²) in [6.07, 6.45) is 0. The molecular weight excluding hydrogens is 346 g/mol.